The fourth-order valence-electron chi connectivity index (χ4n) is 2.37. The van der Waals surface area contributed by atoms with Crippen molar-refractivity contribution >= 4 is 23.2 Å². The minimum atomic E-state index is -0.307. The van der Waals surface area contributed by atoms with E-state index in [1.54, 1.807) is 37.3 Å². The van der Waals surface area contributed by atoms with Crippen molar-refractivity contribution in [3.8, 4) is 0 Å². The summed E-state index contributed by atoms with van der Waals surface area (Å²) in [6.45, 7) is 1.76. The van der Waals surface area contributed by atoms with Crippen LogP contribution in [0.15, 0.2) is 72.9 Å². The number of carbonyl (C=O) groups excluding carboxylic acids is 2. The molecular weight excluding hydrogens is 314 g/mol. The largest absolute Gasteiger partial charge is 0.322 e. The van der Waals surface area contributed by atoms with Crippen molar-refractivity contribution < 1.29 is 9.59 Å². The summed E-state index contributed by atoms with van der Waals surface area (Å²) in [5.41, 5.74) is 2.72. The van der Waals surface area contributed by atoms with Crippen LogP contribution in [0.3, 0.4) is 0 Å². The third kappa shape index (κ3) is 4.09. The van der Waals surface area contributed by atoms with Crippen molar-refractivity contribution in [3.05, 3.63) is 89.7 Å². The lowest BCUT2D eigenvalue weighted by atomic mass is 10.1. The maximum atomic E-state index is 12.3. The van der Waals surface area contributed by atoms with Gasteiger partial charge in [0.2, 0.25) is 0 Å². The number of rotatable bonds is 4. The number of hydrogen-bond acceptors (Lipinski definition) is 3. The Morgan fingerprint density at radius 3 is 1.84 bits per heavy atom. The first-order valence-electron chi connectivity index (χ1n) is 7.83. The number of pyridine rings is 1. The third-order valence-electron chi connectivity index (χ3n) is 3.62. The summed E-state index contributed by atoms with van der Waals surface area (Å²) >= 11 is 0. The van der Waals surface area contributed by atoms with Crippen LogP contribution in [0.4, 0.5) is 11.4 Å². The number of hydrogen-bond donors (Lipinski definition) is 2. The molecule has 1 aromatic heterocycles. The minimum Gasteiger partial charge on any atom is -0.322 e. The zero-order valence-electron chi connectivity index (χ0n) is 13.7. The van der Waals surface area contributed by atoms with Crippen LogP contribution in [0, 0.1) is 6.92 Å². The van der Waals surface area contributed by atoms with Gasteiger partial charge in [-0.3, -0.25) is 9.59 Å². The maximum Gasteiger partial charge on any atom is 0.274 e. The van der Waals surface area contributed by atoms with Gasteiger partial charge in [0.05, 0.1) is 5.56 Å². The summed E-state index contributed by atoms with van der Waals surface area (Å²) in [6, 6.07) is 20.0. The van der Waals surface area contributed by atoms with E-state index in [2.05, 4.69) is 15.6 Å². The van der Waals surface area contributed by atoms with Gasteiger partial charge in [-0.05, 0) is 42.8 Å². The summed E-state index contributed by atoms with van der Waals surface area (Å²) in [5.74, 6) is -0.574. The van der Waals surface area contributed by atoms with E-state index in [0.29, 0.717) is 28.2 Å². The highest BCUT2D eigenvalue weighted by molar-refractivity contribution is 6.06. The molecule has 2 N–H and O–H groups in total. The highest BCUT2D eigenvalue weighted by Gasteiger charge is 2.14. The summed E-state index contributed by atoms with van der Waals surface area (Å²) in [5, 5.41) is 5.58. The fraction of sp³-hybridized carbons (Fsp3) is 0.0500. The van der Waals surface area contributed by atoms with Gasteiger partial charge in [-0.1, -0.05) is 36.4 Å². The predicted octanol–water partition coefficient (Wildman–Crippen LogP) is 3.89. The van der Waals surface area contributed by atoms with Gasteiger partial charge in [0.25, 0.3) is 11.8 Å². The molecule has 0 aliphatic rings. The first-order chi connectivity index (χ1) is 12.1. The maximum absolute atomic E-state index is 12.3. The van der Waals surface area contributed by atoms with Crippen molar-refractivity contribution in [1.29, 1.82) is 0 Å². The molecule has 25 heavy (non-hydrogen) atoms. The van der Waals surface area contributed by atoms with Crippen molar-refractivity contribution in [2.24, 2.45) is 0 Å². The SMILES string of the molecule is Cc1cc(C(=O)Nc2ccccc2)cnc1C(=O)Nc1ccccc1. The topological polar surface area (TPSA) is 71.1 Å². The van der Waals surface area contributed by atoms with Gasteiger partial charge in [-0.2, -0.15) is 0 Å². The van der Waals surface area contributed by atoms with Crippen molar-refractivity contribution in [2.45, 2.75) is 6.92 Å². The van der Waals surface area contributed by atoms with E-state index in [1.807, 2.05) is 36.4 Å². The molecule has 2 amide bonds. The van der Waals surface area contributed by atoms with E-state index >= 15 is 0 Å². The molecule has 124 valence electrons. The number of benzene rings is 2. The molecule has 0 radical (unpaired) electrons. The Balaban J connectivity index is 1.74. The summed E-state index contributed by atoms with van der Waals surface area (Å²) in [6.07, 6.45) is 1.41. The molecule has 0 aliphatic heterocycles. The van der Waals surface area contributed by atoms with Gasteiger partial charge < -0.3 is 10.6 Å². The molecule has 0 unspecified atom stereocenters. The lowest BCUT2D eigenvalue weighted by Crippen LogP contribution is -2.17. The van der Waals surface area contributed by atoms with Gasteiger partial charge in [0.15, 0.2) is 0 Å². The van der Waals surface area contributed by atoms with Crippen molar-refractivity contribution in [3.63, 3.8) is 0 Å². The normalized spacial score (nSPS) is 10.1. The Morgan fingerprint density at radius 2 is 1.32 bits per heavy atom. The zero-order valence-corrected chi connectivity index (χ0v) is 13.7. The first kappa shape index (κ1) is 16.4. The molecule has 0 aliphatic carbocycles. The highest BCUT2D eigenvalue weighted by Crippen LogP contribution is 2.13. The standard InChI is InChI=1S/C20H17N3O2/c1-14-12-15(19(24)22-16-8-4-2-5-9-16)13-21-18(14)20(25)23-17-10-6-3-7-11-17/h2-13H,1H3,(H,22,24)(H,23,25). The molecule has 0 spiro atoms. The van der Waals surface area contributed by atoms with E-state index in [4.69, 9.17) is 0 Å². The Bertz CT molecular complexity index is 893. The molecule has 0 atom stereocenters. The van der Waals surface area contributed by atoms with Gasteiger partial charge in [-0.25, -0.2) is 4.98 Å². The van der Waals surface area contributed by atoms with Crippen LogP contribution in [0.25, 0.3) is 0 Å². The Hall–Kier alpha value is -3.47. The van der Waals surface area contributed by atoms with E-state index < -0.39 is 0 Å². The Labute approximate surface area is 145 Å². The van der Waals surface area contributed by atoms with Gasteiger partial charge in [0.1, 0.15) is 5.69 Å². The van der Waals surface area contributed by atoms with Crippen LogP contribution < -0.4 is 10.6 Å². The number of aryl methyl sites for hydroxylation is 1. The van der Waals surface area contributed by atoms with Gasteiger partial charge >= 0.3 is 0 Å². The lowest BCUT2D eigenvalue weighted by molar-refractivity contribution is 0.101. The number of amides is 2. The smallest absolute Gasteiger partial charge is 0.274 e. The molecule has 1 heterocycles. The Morgan fingerprint density at radius 1 is 0.800 bits per heavy atom. The van der Waals surface area contributed by atoms with Crippen LogP contribution in [-0.2, 0) is 0 Å². The zero-order chi connectivity index (χ0) is 17.6. The van der Waals surface area contributed by atoms with E-state index in [0.717, 1.165) is 0 Å². The predicted molar refractivity (Wildman–Crippen MR) is 97.8 cm³/mol. The van der Waals surface area contributed by atoms with Crippen LogP contribution in [0.5, 0.6) is 0 Å². The molecule has 0 saturated heterocycles. The molecule has 5 heteroatoms. The number of para-hydroxylation sites is 2. The van der Waals surface area contributed by atoms with Crippen molar-refractivity contribution in [1.82, 2.24) is 4.98 Å². The summed E-state index contributed by atoms with van der Waals surface area (Å²) in [4.78, 5) is 28.8. The van der Waals surface area contributed by atoms with E-state index in [1.165, 1.54) is 6.20 Å². The second kappa shape index (κ2) is 7.40. The van der Waals surface area contributed by atoms with Gasteiger partial charge in [0, 0.05) is 17.6 Å². The van der Waals surface area contributed by atoms with Crippen LogP contribution in [0.1, 0.15) is 26.4 Å². The Kier molecular flexibility index (Phi) is 4.85. The third-order valence-corrected chi connectivity index (χ3v) is 3.62. The molecule has 0 fully saturated rings. The molecule has 5 nitrogen and oxygen atoms in total. The second-order valence-corrected chi connectivity index (χ2v) is 5.53. The van der Waals surface area contributed by atoms with E-state index in [9.17, 15) is 9.59 Å². The number of aromatic nitrogens is 1. The quantitative estimate of drug-likeness (QED) is 0.762. The van der Waals surface area contributed by atoms with Gasteiger partial charge in [-0.15, -0.1) is 0 Å². The molecule has 2 aromatic carbocycles. The number of carbonyl (C=O) groups is 2. The van der Waals surface area contributed by atoms with Crippen LogP contribution in [0.2, 0.25) is 0 Å². The number of nitrogens with one attached hydrogen (secondary N) is 2. The lowest BCUT2D eigenvalue weighted by Gasteiger charge is -2.09. The monoisotopic (exact) mass is 331 g/mol. The first-order valence-corrected chi connectivity index (χ1v) is 7.83. The molecule has 0 bridgehead atoms. The average Bonchev–Trinajstić information content (AvgIpc) is 2.63. The average molecular weight is 331 g/mol. The molecule has 3 aromatic rings. The van der Waals surface area contributed by atoms with Crippen molar-refractivity contribution in [2.75, 3.05) is 10.6 Å². The highest BCUT2D eigenvalue weighted by atomic mass is 16.2. The summed E-state index contributed by atoms with van der Waals surface area (Å²) in [7, 11) is 0. The number of anilines is 2. The second-order valence-electron chi connectivity index (χ2n) is 5.53. The summed E-state index contributed by atoms with van der Waals surface area (Å²) < 4.78 is 0. The molecular formula is C20H17N3O2. The molecule has 0 saturated carbocycles. The fourth-order valence-corrected chi connectivity index (χ4v) is 2.37. The van der Waals surface area contributed by atoms with Crippen LogP contribution >= 0.6 is 0 Å². The molecule has 3 rings (SSSR count). The van der Waals surface area contributed by atoms with E-state index in [-0.39, 0.29) is 11.8 Å². The minimum absolute atomic E-state index is 0.267. The number of nitrogens with zero attached hydrogens (tertiary/aromatic N) is 1. The van der Waals surface area contributed by atoms with Crippen LogP contribution in [-0.4, -0.2) is 16.8 Å².